The molecule has 3 aliphatic rings. The molecule has 3 saturated heterocycles. The van der Waals surface area contributed by atoms with Crippen LogP contribution in [0.15, 0.2) is 22.7 Å². The number of nitrogens with zero attached hydrogens (tertiary/aromatic N) is 2. The fourth-order valence-corrected chi connectivity index (χ4v) is 5.05. The number of benzene rings is 1. The van der Waals surface area contributed by atoms with Crippen LogP contribution < -0.4 is 0 Å². The van der Waals surface area contributed by atoms with Crippen molar-refractivity contribution in [1.82, 2.24) is 9.80 Å². The van der Waals surface area contributed by atoms with E-state index < -0.39 is 0 Å². The molecule has 0 radical (unpaired) electrons. The molecule has 0 N–H and O–H groups in total. The van der Waals surface area contributed by atoms with Crippen molar-refractivity contribution >= 4 is 45.3 Å². The summed E-state index contributed by atoms with van der Waals surface area (Å²) in [5.41, 5.74) is 0.500. The van der Waals surface area contributed by atoms with E-state index >= 15 is 0 Å². The predicted octanol–water partition coefficient (Wildman–Crippen LogP) is 3.39. The maximum atomic E-state index is 13.1. The van der Waals surface area contributed by atoms with Gasteiger partial charge in [-0.2, -0.15) is 0 Å². The zero-order chi connectivity index (χ0) is 17.7. The summed E-state index contributed by atoms with van der Waals surface area (Å²) in [6.45, 7) is 0. The zero-order valence-electron chi connectivity index (χ0n) is 13.6. The van der Waals surface area contributed by atoms with Gasteiger partial charge in [0.25, 0.3) is 5.91 Å². The van der Waals surface area contributed by atoms with Crippen molar-refractivity contribution in [1.29, 1.82) is 0 Å². The maximum Gasteiger partial charge on any atom is 0.255 e. The molecule has 5 nitrogen and oxygen atoms in total. The van der Waals surface area contributed by atoms with Crippen molar-refractivity contribution < 1.29 is 14.4 Å². The minimum Gasteiger partial charge on any atom is -0.332 e. The van der Waals surface area contributed by atoms with E-state index in [1.165, 1.54) is 4.90 Å². The first-order valence-corrected chi connectivity index (χ1v) is 9.75. The van der Waals surface area contributed by atoms with Crippen molar-refractivity contribution in [3.63, 3.8) is 0 Å². The molecule has 1 aromatic carbocycles. The largest absolute Gasteiger partial charge is 0.332 e. The first-order valence-electron chi connectivity index (χ1n) is 8.58. The molecular weight excluding hydrogens is 408 g/mol. The quantitative estimate of drug-likeness (QED) is 0.683. The molecule has 1 aromatic rings. The molecule has 2 unspecified atom stereocenters. The van der Waals surface area contributed by atoms with Gasteiger partial charge in [0.1, 0.15) is 0 Å². The summed E-state index contributed by atoms with van der Waals surface area (Å²) in [5, 5.41) is 0.444. The predicted molar refractivity (Wildman–Crippen MR) is 96.2 cm³/mol. The Balaban J connectivity index is 1.56. The summed E-state index contributed by atoms with van der Waals surface area (Å²) in [7, 11) is 0. The second-order valence-electron chi connectivity index (χ2n) is 7.00. The first kappa shape index (κ1) is 17.0. The van der Waals surface area contributed by atoms with Crippen molar-refractivity contribution in [3.8, 4) is 0 Å². The summed E-state index contributed by atoms with van der Waals surface area (Å²) < 4.78 is 0.816. The van der Waals surface area contributed by atoms with Crippen molar-refractivity contribution in [2.24, 2.45) is 0 Å². The standard InChI is InChI=1S/C18H18BrClN2O3/c19-10-1-4-15(20)14(7-10)18(25)21-11-2-3-12(21)9-13(8-11)22-16(23)5-6-17(22)24/h1,4,7,11-13H,2-3,5-6,8-9H2. The van der Waals surface area contributed by atoms with Crippen LogP contribution in [0.1, 0.15) is 48.9 Å². The molecule has 25 heavy (non-hydrogen) atoms. The molecule has 2 bridgehead atoms. The molecule has 0 spiro atoms. The lowest BCUT2D eigenvalue weighted by Crippen LogP contribution is -2.53. The summed E-state index contributed by atoms with van der Waals surface area (Å²) in [4.78, 5) is 40.5. The normalized spacial score (nSPS) is 28.8. The van der Waals surface area contributed by atoms with Crippen LogP contribution in [0.3, 0.4) is 0 Å². The SMILES string of the molecule is O=C1CCC(=O)N1C1CC2CCC(C1)N2C(=O)c1cc(Br)ccc1Cl. The van der Waals surface area contributed by atoms with E-state index in [4.69, 9.17) is 11.6 Å². The number of halogens is 2. The third-order valence-electron chi connectivity index (χ3n) is 5.56. The van der Waals surface area contributed by atoms with Gasteiger partial charge >= 0.3 is 0 Å². The van der Waals surface area contributed by atoms with Crippen LogP contribution in [0, 0.1) is 0 Å². The highest BCUT2D eigenvalue weighted by molar-refractivity contribution is 9.10. The average Bonchev–Trinajstić information content (AvgIpc) is 3.05. The van der Waals surface area contributed by atoms with Crippen LogP contribution in [0.5, 0.6) is 0 Å². The van der Waals surface area contributed by atoms with E-state index in [1.54, 1.807) is 12.1 Å². The molecule has 3 aliphatic heterocycles. The number of carbonyl (C=O) groups is 3. The molecule has 0 aromatic heterocycles. The summed E-state index contributed by atoms with van der Waals surface area (Å²) >= 11 is 9.62. The number of hydrogen-bond acceptors (Lipinski definition) is 3. The summed E-state index contributed by atoms with van der Waals surface area (Å²) in [5.74, 6) is -0.190. The Hall–Kier alpha value is -1.40. The highest BCUT2D eigenvalue weighted by Crippen LogP contribution is 2.40. The van der Waals surface area contributed by atoms with Gasteiger partial charge in [0.05, 0.1) is 10.6 Å². The van der Waals surface area contributed by atoms with Gasteiger partial charge in [0.15, 0.2) is 0 Å². The third kappa shape index (κ3) is 2.89. The van der Waals surface area contributed by atoms with E-state index in [0.717, 1.165) is 17.3 Å². The lowest BCUT2D eigenvalue weighted by atomic mass is 9.95. The molecule has 3 heterocycles. The summed E-state index contributed by atoms with van der Waals surface area (Å²) in [6.07, 6.45) is 3.81. The molecule has 4 rings (SSSR count). The molecule has 3 fully saturated rings. The number of rotatable bonds is 2. The van der Waals surface area contributed by atoms with Gasteiger partial charge in [0, 0.05) is 35.4 Å². The highest BCUT2D eigenvalue weighted by atomic mass is 79.9. The van der Waals surface area contributed by atoms with Gasteiger partial charge in [-0.3, -0.25) is 19.3 Å². The van der Waals surface area contributed by atoms with E-state index in [2.05, 4.69) is 15.9 Å². The minimum absolute atomic E-state index is 0.0590. The van der Waals surface area contributed by atoms with E-state index in [1.807, 2.05) is 11.0 Å². The van der Waals surface area contributed by atoms with Gasteiger partial charge < -0.3 is 4.90 Å². The molecule has 3 amide bonds. The second kappa shape index (κ2) is 6.40. The third-order valence-corrected chi connectivity index (χ3v) is 6.38. The topological polar surface area (TPSA) is 57.7 Å². The van der Waals surface area contributed by atoms with Crippen LogP contribution in [0.25, 0.3) is 0 Å². The number of hydrogen-bond donors (Lipinski definition) is 0. The Bertz CT molecular complexity index is 739. The molecule has 2 atom stereocenters. The molecular formula is C18H18BrClN2O3. The van der Waals surface area contributed by atoms with E-state index in [0.29, 0.717) is 36.3 Å². The molecule has 132 valence electrons. The van der Waals surface area contributed by atoms with Crippen LogP contribution in [-0.4, -0.2) is 45.6 Å². The lowest BCUT2D eigenvalue weighted by Gasteiger charge is -2.41. The Kier molecular flexibility index (Phi) is 4.36. The Morgan fingerprint density at radius 3 is 2.24 bits per heavy atom. The van der Waals surface area contributed by atoms with Crippen LogP contribution in [-0.2, 0) is 9.59 Å². The monoisotopic (exact) mass is 424 g/mol. The maximum absolute atomic E-state index is 13.1. The number of amides is 3. The zero-order valence-corrected chi connectivity index (χ0v) is 15.9. The Morgan fingerprint density at radius 2 is 1.64 bits per heavy atom. The highest BCUT2D eigenvalue weighted by Gasteiger charge is 2.48. The fourth-order valence-electron chi connectivity index (χ4n) is 4.49. The summed E-state index contributed by atoms with van der Waals surface area (Å²) in [6, 6.07) is 5.34. The van der Waals surface area contributed by atoms with E-state index in [9.17, 15) is 14.4 Å². The number of carbonyl (C=O) groups excluding carboxylic acids is 3. The lowest BCUT2D eigenvalue weighted by molar-refractivity contribution is -0.142. The number of likely N-dealkylation sites (tertiary alicyclic amines) is 1. The number of imide groups is 1. The van der Waals surface area contributed by atoms with Crippen LogP contribution in [0.4, 0.5) is 0 Å². The van der Waals surface area contributed by atoms with Gasteiger partial charge in [-0.05, 0) is 43.9 Å². The van der Waals surface area contributed by atoms with Gasteiger partial charge in [-0.1, -0.05) is 27.5 Å². The van der Waals surface area contributed by atoms with Crippen LogP contribution >= 0.6 is 27.5 Å². The van der Waals surface area contributed by atoms with Gasteiger partial charge in [-0.15, -0.1) is 0 Å². The van der Waals surface area contributed by atoms with Crippen LogP contribution in [0.2, 0.25) is 5.02 Å². The second-order valence-corrected chi connectivity index (χ2v) is 8.33. The number of fused-ring (bicyclic) bond motifs is 2. The average molecular weight is 426 g/mol. The van der Waals surface area contributed by atoms with Crippen molar-refractivity contribution in [2.45, 2.75) is 56.7 Å². The molecule has 0 aliphatic carbocycles. The smallest absolute Gasteiger partial charge is 0.255 e. The molecule has 0 saturated carbocycles. The first-order chi connectivity index (χ1) is 12.0. The van der Waals surface area contributed by atoms with E-state index in [-0.39, 0.29) is 35.8 Å². The molecule has 7 heteroatoms. The van der Waals surface area contributed by atoms with Gasteiger partial charge in [0.2, 0.25) is 11.8 Å². The van der Waals surface area contributed by atoms with Gasteiger partial charge in [-0.25, -0.2) is 0 Å². The Morgan fingerprint density at radius 1 is 1.04 bits per heavy atom. The Labute approximate surface area is 159 Å². The minimum atomic E-state index is -0.0676. The van der Waals surface area contributed by atoms with Crippen molar-refractivity contribution in [2.75, 3.05) is 0 Å². The van der Waals surface area contributed by atoms with Crippen molar-refractivity contribution in [3.05, 3.63) is 33.3 Å². The fraction of sp³-hybridized carbons (Fsp3) is 0.500. The number of piperidine rings is 1.